The van der Waals surface area contributed by atoms with Gasteiger partial charge in [-0.3, -0.25) is 4.79 Å². The van der Waals surface area contributed by atoms with E-state index < -0.39 is 5.97 Å². The fourth-order valence-corrected chi connectivity index (χ4v) is 1.48. The van der Waals surface area contributed by atoms with Crippen LogP contribution in [0.5, 0.6) is 0 Å². The second kappa shape index (κ2) is 7.16. The summed E-state index contributed by atoms with van der Waals surface area (Å²) in [4.78, 5) is 22.9. The Bertz CT molecular complexity index is 530. The summed E-state index contributed by atoms with van der Waals surface area (Å²) in [6, 6.07) is 4.98. The van der Waals surface area contributed by atoms with E-state index in [1.807, 2.05) is 19.9 Å². The predicted molar refractivity (Wildman–Crippen MR) is 75.1 cm³/mol. The number of nitrogens with one attached hydrogen (secondary N) is 1. The van der Waals surface area contributed by atoms with Crippen molar-refractivity contribution >= 4 is 17.6 Å². The van der Waals surface area contributed by atoms with Gasteiger partial charge in [0.15, 0.2) is 0 Å². The number of amides is 1. The summed E-state index contributed by atoms with van der Waals surface area (Å²) in [5, 5.41) is 2.74. The van der Waals surface area contributed by atoms with Crippen LogP contribution in [0.1, 0.15) is 22.8 Å². The third-order valence-corrected chi connectivity index (χ3v) is 2.46. The highest BCUT2D eigenvalue weighted by molar-refractivity contribution is 6.00. The maximum atomic E-state index is 11.6. The molecule has 0 unspecified atom stereocenters. The molecule has 100 valence electrons. The van der Waals surface area contributed by atoms with Gasteiger partial charge in [0, 0.05) is 11.8 Å². The van der Waals surface area contributed by atoms with Crippen molar-refractivity contribution in [2.75, 3.05) is 12.4 Å². The summed E-state index contributed by atoms with van der Waals surface area (Å²) in [6.45, 7) is 3.69. The summed E-state index contributed by atoms with van der Waals surface area (Å²) in [5.41, 5.74) is 1.93. The first-order valence-corrected chi connectivity index (χ1v) is 5.87. The number of anilines is 1. The minimum absolute atomic E-state index is 0.216. The van der Waals surface area contributed by atoms with Crippen LogP contribution >= 0.6 is 0 Å². The molecule has 0 heterocycles. The number of hydrogen-bond acceptors (Lipinski definition) is 3. The Kier molecular flexibility index (Phi) is 5.54. The first-order chi connectivity index (χ1) is 9.08. The average Bonchev–Trinajstić information content (AvgIpc) is 2.40. The van der Waals surface area contributed by atoms with Crippen molar-refractivity contribution in [3.8, 4) is 0 Å². The molecule has 0 saturated carbocycles. The highest BCUT2D eigenvalue weighted by atomic mass is 16.5. The molecule has 19 heavy (non-hydrogen) atoms. The van der Waals surface area contributed by atoms with Crippen molar-refractivity contribution in [2.45, 2.75) is 13.8 Å². The van der Waals surface area contributed by atoms with Crippen molar-refractivity contribution in [1.82, 2.24) is 0 Å². The van der Waals surface area contributed by atoms with Gasteiger partial charge in [-0.15, -0.1) is 0 Å². The maximum absolute atomic E-state index is 11.6. The highest BCUT2D eigenvalue weighted by Crippen LogP contribution is 2.17. The number of esters is 1. The van der Waals surface area contributed by atoms with Crippen LogP contribution in [-0.4, -0.2) is 19.0 Å². The monoisotopic (exact) mass is 259 g/mol. The van der Waals surface area contributed by atoms with Gasteiger partial charge in [-0.05, 0) is 37.6 Å². The first-order valence-electron chi connectivity index (χ1n) is 5.87. The normalized spacial score (nSPS) is 10.9. The Balaban J connectivity index is 2.80. The van der Waals surface area contributed by atoms with E-state index in [0.717, 1.165) is 5.56 Å². The van der Waals surface area contributed by atoms with Gasteiger partial charge < -0.3 is 10.1 Å². The number of rotatable bonds is 4. The third-order valence-electron chi connectivity index (χ3n) is 2.46. The van der Waals surface area contributed by atoms with Crippen LogP contribution in [0.2, 0.25) is 0 Å². The Hall–Kier alpha value is -2.36. The van der Waals surface area contributed by atoms with Crippen LogP contribution in [0.3, 0.4) is 0 Å². The van der Waals surface area contributed by atoms with Crippen molar-refractivity contribution in [3.05, 3.63) is 53.6 Å². The fraction of sp³-hybridized carbons (Fsp3) is 0.200. The van der Waals surface area contributed by atoms with Crippen LogP contribution in [0.4, 0.5) is 5.69 Å². The van der Waals surface area contributed by atoms with E-state index in [9.17, 15) is 9.59 Å². The quantitative estimate of drug-likeness (QED) is 0.514. The molecule has 0 bridgehead atoms. The summed E-state index contributed by atoms with van der Waals surface area (Å²) >= 11 is 0. The molecule has 0 spiro atoms. The lowest BCUT2D eigenvalue weighted by atomic mass is 10.1. The van der Waals surface area contributed by atoms with E-state index in [-0.39, 0.29) is 5.91 Å². The summed E-state index contributed by atoms with van der Waals surface area (Å²) < 4.78 is 4.63. The van der Waals surface area contributed by atoms with Crippen molar-refractivity contribution in [2.24, 2.45) is 0 Å². The maximum Gasteiger partial charge on any atom is 0.337 e. The van der Waals surface area contributed by atoms with Gasteiger partial charge in [-0.2, -0.15) is 0 Å². The van der Waals surface area contributed by atoms with Gasteiger partial charge in [0.05, 0.1) is 12.7 Å². The largest absolute Gasteiger partial charge is 0.465 e. The zero-order chi connectivity index (χ0) is 14.3. The number of allylic oxidation sites excluding steroid dienone is 3. The molecule has 0 aliphatic heterocycles. The van der Waals surface area contributed by atoms with Crippen LogP contribution in [0, 0.1) is 6.92 Å². The lowest BCUT2D eigenvalue weighted by Crippen LogP contribution is -2.10. The Morgan fingerprint density at radius 1 is 1.26 bits per heavy atom. The standard InChI is InChI=1S/C15H17NO3/c1-4-5-6-7-14(17)16-13-9-8-12(10-11(13)2)15(18)19-3/h4-10H,1-3H3,(H,16,17)/b5-4+,7-6+. The Morgan fingerprint density at radius 3 is 2.58 bits per heavy atom. The molecule has 4 heteroatoms. The van der Waals surface area contributed by atoms with Crippen molar-refractivity contribution in [1.29, 1.82) is 0 Å². The lowest BCUT2D eigenvalue weighted by Gasteiger charge is -2.08. The van der Waals surface area contributed by atoms with Crippen molar-refractivity contribution < 1.29 is 14.3 Å². The van der Waals surface area contributed by atoms with Crippen LogP contribution < -0.4 is 5.32 Å². The molecule has 4 nitrogen and oxygen atoms in total. The SMILES string of the molecule is C/C=C/C=C/C(=O)Nc1ccc(C(=O)OC)cc1C. The smallest absolute Gasteiger partial charge is 0.337 e. The number of methoxy groups -OCH3 is 1. The summed E-state index contributed by atoms with van der Waals surface area (Å²) in [6.07, 6.45) is 6.70. The molecule has 0 saturated heterocycles. The summed E-state index contributed by atoms with van der Waals surface area (Å²) in [5.74, 6) is -0.610. The molecule has 0 radical (unpaired) electrons. The number of carbonyl (C=O) groups is 2. The number of hydrogen-bond donors (Lipinski definition) is 1. The first kappa shape index (κ1) is 14.7. The molecule has 1 amide bonds. The third kappa shape index (κ3) is 4.43. The van der Waals surface area contributed by atoms with E-state index in [2.05, 4.69) is 10.1 Å². The molecule has 0 atom stereocenters. The van der Waals surface area contributed by atoms with E-state index >= 15 is 0 Å². The van der Waals surface area contributed by atoms with Gasteiger partial charge in [0.1, 0.15) is 0 Å². The Labute approximate surface area is 112 Å². The van der Waals surface area contributed by atoms with Gasteiger partial charge >= 0.3 is 5.97 Å². The van der Waals surface area contributed by atoms with Gasteiger partial charge in [-0.25, -0.2) is 4.79 Å². The molecular weight excluding hydrogens is 242 g/mol. The number of aryl methyl sites for hydroxylation is 1. The topological polar surface area (TPSA) is 55.4 Å². The lowest BCUT2D eigenvalue weighted by molar-refractivity contribution is -0.111. The second-order valence-electron chi connectivity index (χ2n) is 3.90. The number of ether oxygens (including phenoxy) is 1. The van der Waals surface area contributed by atoms with E-state index in [1.165, 1.54) is 13.2 Å². The van der Waals surface area contributed by atoms with E-state index in [4.69, 9.17) is 0 Å². The molecule has 1 aromatic carbocycles. The fourth-order valence-electron chi connectivity index (χ4n) is 1.48. The Morgan fingerprint density at radius 2 is 2.00 bits per heavy atom. The molecule has 1 aromatic rings. The molecule has 0 aliphatic carbocycles. The average molecular weight is 259 g/mol. The van der Waals surface area contributed by atoms with Crippen LogP contribution in [0.25, 0.3) is 0 Å². The number of benzene rings is 1. The van der Waals surface area contributed by atoms with Crippen LogP contribution in [0.15, 0.2) is 42.5 Å². The van der Waals surface area contributed by atoms with Crippen LogP contribution in [-0.2, 0) is 9.53 Å². The second-order valence-corrected chi connectivity index (χ2v) is 3.90. The molecule has 0 aliphatic rings. The molecule has 1 N–H and O–H groups in total. The molecule has 1 rings (SSSR count). The zero-order valence-corrected chi connectivity index (χ0v) is 11.3. The van der Waals surface area contributed by atoms with Gasteiger partial charge in [0.2, 0.25) is 5.91 Å². The predicted octanol–water partition coefficient (Wildman–Crippen LogP) is 2.85. The minimum Gasteiger partial charge on any atom is -0.465 e. The van der Waals surface area contributed by atoms with Crippen molar-refractivity contribution in [3.63, 3.8) is 0 Å². The minimum atomic E-state index is -0.394. The van der Waals surface area contributed by atoms with Gasteiger partial charge in [0.25, 0.3) is 0 Å². The molecule has 0 fully saturated rings. The summed E-state index contributed by atoms with van der Waals surface area (Å²) in [7, 11) is 1.33. The number of carbonyl (C=O) groups excluding carboxylic acids is 2. The highest BCUT2D eigenvalue weighted by Gasteiger charge is 2.08. The zero-order valence-electron chi connectivity index (χ0n) is 11.3. The van der Waals surface area contributed by atoms with E-state index in [0.29, 0.717) is 11.3 Å². The van der Waals surface area contributed by atoms with Gasteiger partial charge in [-0.1, -0.05) is 18.2 Å². The molecule has 0 aromatic heterocycles. The van der Waals surface area contributed by atoms with E-state index in [1.54, 1.807) is 30.4 Å². The molecular formula is C15H17NO3.